The van der Waals surface area contributed by atoms with Crippen molar-refractivity contribution in [2.24, 2.45) is 0 Å². The van der Waals surface area contributed by atoms with Crippen LogP contribution in [-0.2, 0) is 0 Å². The maximum Gasteiger partial charge on any atom is 0.136 e. The van der Waals surface area contributed by atoms with Gasteiger partial charge in [-0.2, -0.15) is 5.26 Å². The summed E-state index contributed by atoms with van der Waals surface area (Å²) in [7, 11) is 0. The van der Waals surface area contributed by atoms with Crippen molar-refractivity contribution in [2.75, 3.05) is 5.32 Å². The Balaban J connectivity index is 1.62. The predicted octanol–water partition coefficient (Wildman–Crippen LogP) is 6.08. The Hall–Kier alpha value is -3.49. The molecule has 0 amide bonds. The van der Waals surface area contributed by atoms with Crippen LogP contribution < -0.4 is 5.32 Å². The smallest absolute Gasteiger partial charge is 0.136 e. The lowest BCUT2D eigenvalue weighted by atomic mass is 10.1. The Kier molecular flexibility index (Phi) is 4.65. The second kappa shape index (κ2) is 7.40. The van der Waals surface area contributed by atoms with Crippen molar-refractivity contribution in [1.29, 1.82) is 5.26 Å². The molecule has 4 rings (SSSR count). The van der Waals surface area contributed by atoms with Gasteiger partial charge in [-0.1, -0.05) is 36.4 Å². The zero-order valence-electron chi connectivity index (χ0n) is 14.2. The molecular weight excluding hydrogens is 357 g/mol. The van der Waals surface area contributed by atoms with Crippen LogP contribution in [0.5, 0.6) is 0 Å². The second-order valence-electron chi connectivity index (χ2n) is 5.89. The molecule has 1 N–H and O–H groups in total. The first-order valence-corrected chi connectivity index (χ1v) is 9.19. The quantitative estimate of drug-likeness (QED) is 0.442. The molecule has 0 bridgehead atoms. The number of nitrogens with one attached hydrogen (secondary N) is 1. The molecule has 27 heavy (non-hydrogen) atoms. The number of hydrogen-bond donors (Lipinski definition) is 1. The fraction of sp³-hybridized carbons (Fsp3) is 0. The van der Waals surface area contributed by atoms with Gasteiger partial charge in [0.05, 0.1) is 5.69 Å². The van der Waals surface area contributed by atoms with Crippen LogP contribution in [0, 0.1) is 17.1 Å². The van der Waals surface area contributed by atoms with E-state index in [0.29, 0.717) is 10.6 Å². The summed E-state index contributed by atoms with van der Waals surface area (Å²) in [5.41, 5.74) is 2.91. The van der Waals surface area contributed by atoms with Gasteiger partial charge in [0.1, 0.15) is 22.5 Å². The molecule has 4 aromatic rings. The Morgan fingerprint density at radius 3 is 2.63 bits per heavy atom. The number of benzene rings is 3. The van der Waals surface area contributed by atoms with Crippen LogP contribution in [0.15, 0.2) is 78.3 Å². The SMILES string of the molecule is N#CC(=CNc1cccc2ccccc12)c1nc(-c2ccc(F)cc2)cs1. The van der Waals surface area contributed by atoms with E-state index in [4.69, 9.17) is 0 Å². The molecule has 1 heterocycles. The Labute approximate surface area is 160 Å². The molecule has 0 aliphatic rings. The van der Waals surface area contributed by atoms with E-state index in [1.807, 2.05) is 47.8 Å². The van der Waals surface area contributed by atoms with Crippen molar-refractivity contribution in [2.45, 2.75) is 0 Å². The van der Waals surface area contributed by atoms with Gasteiger partial charge >= 0.3 is 0 Å². The molecule has 0 saturated heterocycles. The van der Waals surface area contributed by atoms with E-state index in [-0.39, 0.29) is 5.82 Å². The number of thiazole rings is 1. The van der Waals surface area contributed by atoms with Crippen molar-refractivity contribution in [3.05, 3.63) is 89.1 Å². The van der Waals surface area contributed by atoms with Gasteiger partial charge in [-0.05, 0) is 35.7 Å². The average Bonchev–Trinajstić information content (AvgIpc) is 3.19. The Bertz CT molecular complexity index is 1160. The minimum absolute atomic E-state index is 0.286. The lowest BCUT2D eigenvalue weighted by molar-refractivity contribution is 0.628. The molecule has 0 unspecified atom stereocenters. The van der Waals surface area contributed by atoms with E-state index in [1.54, 1.807) is 18.3 Å². The minimum Gasteiger partial charge on any atom is -0.360 e. The van der Waals surface area contributed by atoms with E-state index < -0.39 is 0 Å². The number of fused-ring (bicyclic) bond motifs is 1. The Morgan fingerprint density at radius 2 is 1.81 bits per heavy atom. The lowest BCUT2D eigenvalue weighted by Gasteiger charge is -2.06. The van der Waals surface area contributed by atoms with E-state index in [2.05, 4.69) is 16.4 Å². The number of nitriles is 1. The van der Waals surface area contributed by atoms with Gasteiger partial charge < -0.3 is 5.32 Å². The van der Waals surface area contributed by atoms with Crippen LogP contribution >= 0.6 is 11.3 Å². The lowest BCUT2D eigenvalue weighted by Crippen LogP contribution is -1.92. The van der Waals surface area contributed by atoms with Crippen LogP contribution in [0.1, 0.15) is 5.01 Å². The topological polar surface area (TPSA) is 48.7 Å². The standard InChI is InChI=1S/C22H14FN3S/c23-18-10-8-16(9-11-18)21-14-27-22(26-21)17(12-24)13-25-20-7-3-5-15-4-1-2-6-19(15)20/h1-11,13-14,25H. The van der Waals surface area contributed by atoms with Crippen molar-refractivity contribution >= 4 is 33.4 Å². The third-order valence-electron chi connectivity index (χ3n) is 4.16. The van der Waals surface area contributed by atoms with Crippen molar-refractivity contribution in [1.82, 2.24) is 4.98 Å². The van der Waals surface area contributed by atoms with Crippen LogP contribution in [0.3, 0.4) is 0 Å². The zero-order chi connectivity index (χ0) is 18.6. The molecule has 5 heteroatoms. The summed E-state index contributed by atoms with van der Waals surface area (Å²) >= 11 is 1.38. The summed E-state index contributed by atoms with van der Waals surface area (Å²) < 4.78 is 13.1. The van der Waals surface area contributed by atoms with Crippen molar-refractivity contribution < 1.29 is 4.39 Å². The summed E-state index contributed by atoms with van der Waals surface area (Å²) in [5, 5.41) is 17.5. The van der Waals surface area contributed by atoms with Crippen LogP contribution in [0.2, 0.25) is 0 Å². The molecule has 0 spiro atoms. The van der Waals surface area contributed by atoms with Gasteiger partial charge in [0.25, 0.3) is 0 Å². The third-order valence-corrected chi connectivity index (χ3v) is 5.03. The van der Waals surface area contributed by atoms with E-state index >= 15 is 0 Å². The van der Waals surface area contributed by atoms with E-state index in [9.17, 15) is 9.65 Å². The minimum atomic E-state index is -0.286. The molecule has 0 aliphatic carbocycles. The molecule has 130 valence electrons. The van der Waals surface area contributed by atoms with Gasteiger partial charge in [-0.3, -0.25) is 0 Å². The van der Waals surface area contributed by atoms with E-state index in [1.165, 1.54) is 23.5 Å². The number of halogens is 1. The molecule has 0 saturated carbocycles. The van der Waals surface area contributed by atoms with Crippen LogP contribution in [-0.4, -0.2) is 4.98 Å². The molecule has 0 atom stereocenters. The average molecular weight is 371 g/mol. The summed E-state index contributed by atoms with van der Waals surface area (Å²) in [6.45, 7) is 0. The first-order chi connectivity index (χ1) is 13.2. The Morgan fingerprint density at radius 1 is 1.04 bits per heavy atom. The maximum atomic E-state index is 13.1. The summed E-state index contributed by atoms with van der Waals surface area (Å²) in [4.78, 5) is 4.52. The first kappa shape index (κ1) is 17.0. The second-order valence-corrected chi connectivity index (χ2v) is 6.74. The number of allylic oxidation sites excluding steroid dienone is 1. The first-order valence-electron chi connectivity index (χ1n) is 8.31. The van der Waals surface area contributed by atoms with Gasteiger partial charge in [-0.25, -0.2) is 9.37 Å². The molecule has 0 fully saturated rings. The number of anilines is 1. The molecule has 0 radical (unpaired) electrons. The van der Waals surface area contributed by atoms with Crippen LogP contribution in [0.25, 0.3) is 27.6 Å². The highest BCUT2D eigenvalue weighted by Crippen LogP contribution is 2.27. The normalized spacial score (nSPS) is 11.3. The molecule has 0 aliphatic heterocycles. The van der Waals surface area contributed by atoms with Gasteiger partial charge in [0, 0.05) is 28.2 Å². The highest BCUT2D eigenvalue weighted by Gasteiger charge is 2.09. The summed E-state index contributed by atoms with van der Waals surface area (Å²) in [6.07, 6.45) is 1.68. The zero-order valence-corrected chi connectivity index (χ0v) is 15.0. The van der Waals surface area contributed by atoms with Crippen molar-refractivity contribution in [3.8, 4) is 17.3 Å². The summed E-state index contributed by atoms with van der Waals surface area (Å²) in [6, 6.07) is 22.4. The molecule has 3 aromatic carbocycles. The summed E-state index contributed by atoms with van der Waals surface area (Å²) in [5.74, 6) is -0.286. The number of aromatic nitrogens is 1. The number of rotatable bonds is 4. The van der Waals surface area contributed by atoms with Crippen molar-refractivity contribution in [3.63, 3.8) is 0 Å². The maximum absolute atomic E-state index is 13.1. The fourth-order valence-electron chi connectivity index (χ4n) is 2.79. The van der Waals surface area contributed by atoms with Gasteiger partial charge in [-0.15, -0.1) is 11.3 Å². The van der Waals surface area contributed by atoms with Gasteiger partial charge in [0.2, 0.25) is 0 Å². The molecule has 3 nitrogen and oxygen atoms in total. The van der Waals surface area contributed by atoms with E-state index in [0.717, 1.165) is 27.7 Å². The number of nitrogens with zero attached hydrogens (tertiary/aromatic N) is 2. The monoisotopic (exact) mass is 371 g/mol. The molecular formula is C22H14FN3S. The highest BCUT2D eigenvalue weighted by atomic mass is 32.1. The number of hydrogen-bond acceptors (Lipinski definition) is 4. The fourth-order valence-corrected chi connectivity index (χ4v) is 3.59. The van der Waals surface area contributed by atoms with Gasteiger partial charge in [0.15, 0.2) is 0 Å². The predicted molar refractivity (Wildman–Crippen MR) is 109 cm³/mol. The molecule has 1 aromatic heterocycles. The largest absolute Gasteiger partial charge is 0.360 e. The third kappa shape index (κ3) is 3.57. The highest BCUT2D eigenvalue weighted by molar-refractivity contribution is 7.11. The van der Waals surface area contributed by atoms with Crippen LogP contribution in [0.4, 0.5) is 10.1 Å².